The quantitative estimate of drug-likeness (QED) is 0.707. The van der Waals surface area contributed by atoms with Gasteiger partial charge in [-0.05, 0) is 25.8 Å². The minimum atomic E-state index is -2.93. The van der Waals surface area contributed by atoms with Crippen LogP contribution in [0, 0.1) is 0 Å². The fraction of sp³-hybridized carbons (Fsp3) is 0.818. The number of rotatable bonds is 7. The van der Waals surface area contributed by atoms with Gasteiger partial charge in [0.05, 0.1) is 17.5 Å². The lowest BCUT2D eigenvalue weighted by Gasteiger charge is -2.08. The smallest absolute Gasteiger partial charge is 0.315 e. The van der Waals surface area contributed by atoms with Crippen LogP contribution in [0.5, 0.6) is 0 Å². The van der Waals surface area contributed by atoms with E-state index in [9.17, 15) is 8.42 Å². The van der Waals surface area contributed by atoms with Crippen molar-refractivity contribution in [1.29, 1.82) is 0 Å². The predicted molar refractivity (Wildman–Crippen MR) is 71.6 cm³/mol. The lowest BCUT2D eigenvalue weighted by atomic mass is 10.2. The molecule has 2 rings (SSSR count). The van der Waals surface area contributed by atoms with Gasteiger partial charge in [-0.25, -0.2) is 8.42 Å². The molecule has 1 fully saturated rings. The molecule has 19 heavy (non-hydrogen) atoms. The first-order valence-electron chi connectivity index (χ1n) is 6.60. The van der Waals surface area contributed by atoms with Crippen LogP contribution in [0.2, 0.25) is 0 Å². The summed E-state index contributed by atoms with van der Waals surface area (Å²) in [5.74, 6) is 0.792. The summed E-state index contributed by atoms with van der Waals surface area (Å²) in [4.78, 5) is 0. The van der Waals surface area contributed by atoms with Crippen LogP contribution in [-0.2, 0) is 16.4 Å². The van der Waals surface area contributed by atoms with Crippen LogP contribution in [0.4, 0.5) is 6.01 Å². The van der Waals surface area contributed by atoms with Crippen molar-refractivity contribution >= 4 is 15.9 Å². The van der Waals surface area contributed by atoms with Crippen molar-refractivity contribution < 1.29 is 12.8 Å². The van der Waals surface area contributed by atoms with Crippen molar-refractivity contribution in [3.05, 3.63) is 5.89 Å². The fourth-order valence-electron chi connectivity index (χ4n) is 2.06. The van der Waals surface area contributed by atoms with Crippen molar-refractivity contribution in [2.75, 3.05) is 24.2 Å². The molecule has 0 aliphatic carbocycles. The van der Waals surface area contributed by atoms with Gasteiger partial charge in [0.1, 0.15) is 0 Å². The maximum Gasteiger partial charge on any atom is 0.315 e. The minimum absolute atomic E-state index is 0.287. The van der Waals surface area contributed by atoms with Gasteiger partial charge >= 0.3 is 6.01 Å². The van der Waals surface area contributed by atoms with E-state index < -0.39 is 9.84 Å². The predicted octanol–water partition coefficient (Wildman–Crippen LogP) is 0.558. The fourth-order valence-corrected chi connectivity index (χ4v) is 3.82. The maximum atomic E-state index is 11.6. The molecule has 108 valence electrons. The van der Waals surface area contributed by atoms with Gasteiger partial charge in [-0.3, -0.25) is 0 Å². The number of anilines is 1. The van der Waals surface area contributed by atoms with Crippen LogP contribution in [0.25, 0.3) is 0 Å². The highest BCUT2D eigenvalue weighted by molar-refractivity contribution is 7.92. The Bertz CT molecular complexity index is 500. The van der Waals surface area contributed by atoms with Crippen LogP contribution in [0.3, 0.4) is 0 Å². The zero-order chi connectivity index (χ0) is 13.7. The molecule has 0 amide bonds. The Morgan fingerprint density at radius 2 is 2.26 bits per heavy atom. The Hall–Kier alpha value is -1.15. The van der Waals surface area contributed by atoms with E-state index in [0.717, 1.165) is 19.4 Å². The number of hydrogen-bond acceptors (Lipinski definition) is 7. The average molecular weight is 288 g/mol. The minimum Gasteiger partial charge on any atom is -0.407 e. The summed E-state index contributed by atoms with van der Waals surface area (Å²) in [5, 5.41) is 13.4. The second-order valence-corrected chi connectivity index (χ2v) is 7.09. The first-order chi connectivity index (χ1) is 9.12. The van der Waals surface area contributed by atoms with Crippen molar-refractivity contribution in [1.82, 2.24) is 15.5 Å². The van der Waals surface area contributed by atoms with Crippen LogP contribution in [0.15, 0.2) is 4.42 Å². The largest absolute Gasteiger partial charge is 0.407 e. The summed E-state index contributed by atoms with van der Waals surface area (Å²) in [7, 11) is -2.93. The van der Waals surface area contributed by atoms with Gasteiger partial charge in [0.15, 0.2) is 9.84 Å². The van der Waals surface area contributed by atoms with Gasteiger partial charge in [0, 0.05) is 6.54 Å². The molecular weight excluding hydrogens is 268 g/mol. The molecule has 1 aliphatic rings. The highest BCUT2D eigenvalue weighted by atomic mass is 32.2. The molecule has 0 aromatic carbocycles. The lowest BCUT2D eigenvalue weighted by Crippen LogP contribution is -2.25. The summed E-state index contributed by atoms with van der Waals surface area (Å²) >= 11 is 0. The second-order valence-electron chi connectivity index (χ2n) is 4.69. The lowest BCUT2D eigenvalue weighted by molar-refractivity contribution is 0.476. The van der Waals surface area contributed by atoms with Crippen molar-refractivity contribution in [3.63, 3.8) is 0 Å². The van der Waals surface area contributed by atoms with Gasteiger partial charge in [-0.1, -0.05) is 12.0 Å². The molecule has 1 aromatic heterocycles. The van der Waals surface area contributed by atoms with Gasteiger partial charge in [0.25, 0.3) is 0 Å². The topological polar surface area (TPSA) is 97.1 Å². The molecule has 0 spiro atoms. The van der Waals surface area contributed by atoms with Crippen molar-refractivity contribution in [2.45, 2.75) is 38.0 Å². The van der Waals surface area contributed by atoms with E-state index >= 15 is 0 Å². The zero-order valence-corrected chi connectivity index (χ0v) is 11.9. The Kier molecular flexibility index (Phi) is 4.76. The summed E-state index contributed by atoms with van der Waals surface area (Å²) < 4.78 is 28.7. The third kappa shape index (κ3) is 3.90. The molecule has 2 heterocycles. The third-order valence-electron chi connectivity index (χ3n) is 3.11. The zero-order valence-electron chi connectivity index (χ0n) is 11.1. The van der Waals surface area contributed by atoms with Crippen molar-refractivity contribution in [3.8, 4) is 0 Å². The summed E-state index contributed by atoms with van der Waals surface area (Å²) in [6, 6.07) is 0.287. The van der Waals surface area contributed by atoms with Crippen LogP contribution in [-0.4, -0.2) is 42.7 Å². The standard InChI is InChI=1S/C11H20N4O3S/c1-2-5-12-8-10-14-15-11(18-10)13-7-9-4-3-6-19(9,16)17/h9,12H,2-8H2,1H3,(H,13,15). The molecule has 0 radical (unpaired) electrons. The Morgan fingerprint density at radius 1 is 1.42 bits per heavy atom. The Labute approximate surface area is 113 Å². The van der Waals surface area contributed by atoms with Crippen LogP contribution < -0.4 is 10.6 Å². The third-order valence-corrected chi connectivity index (χ3v) is 5.39. The summed E-state index contributed by atoms with van der Waals surface area (Å²) in [5.41, 5.74) is 0. The maximum absolute atomic E-state index is 11.6. The van der Waals surface area contributed by atoms with Gasteiger partial charge < -0.3 is 15.1 Å². The molecule has 1 unspecified atom stereocenters. The normalized spacial score (nSPS) is 21.6. The monoisotopic (exact) mass is 288 g/mol. The van der Waals surface area contributed by atoms with E-state index in [4.69, 9.17) is 4.42 Å². The van der Waals surface area contributed by atoms with E-state index in [0.29, 0.717) is 25.4 Å². The van der Waals surface area contributed by atoms with E-state index in [1.165, 1.54) is 0 Å². The van der Waals surface area contributed by atoms with E-state index in [2.05, 4.69) is 27.8 Å². The highest BCUT2D eigenvalue weighted by Crippen LogP contribution is 2.20. The molecule has 1 atom stereocenters. The summed E-state index contributed by atoms with van der Waals surface area (Å²) in [6.45, 7) is 3.85. The molecule has 1 aromatic rings. The van der Waals surface area contributed by atoms with E-state index in [1.807, 2.05) is 0 Å². The number of nitrogens with one attached hydrogen (secondary N) is 2. The second kappa shape index (κ2) is 6.33. The molecule has 0 bridgehead atoms. The van der Waals surface area contributed by atoms with Crippen LogP contribution in [0.1, 0.15) is 32.1 Å². The molecule has 0 saturated carbocycles. The highest BCUT2D eigenvalue weighted by Gasteiger charge is 2.31. The van der Waals surface area contributed by atoms with Gasteiger partial charge in [0.2, 0.25) is 5.89 Å². The van der Waals surface area contributed by atoms with Crippen molar-refractivity contribution in [2.24, 2.45) is 0 Å². The Balaban J connectivity index is 1.80. The first kappa shape index (κ1) is 14.3. The van der Waals surface area contributed by atoms with E-state index in [-0.39, 0.29) is 17.0 Å². The Morgan fingerprint density at radius 3 is 2.95 bits per heavy atom. The number of sulfone groups is 1. The van der Waals surface area contributed by atoms with Gasteiger partial charge in [-0.2, -0.15) is 0 Å². The molecular formula is C11H20N4O3S. The van der Waals surface area contributed by atoms with E-state index in [1.54, 1.807) is 0 Å². The molecule has 1 saturated heterocycles. The molecule has 7 nitrogen and oxygen atoms in total. The number of nitrogens with zero attached hydrogens (tertiary/aromatic N) is 2. The van der Waals surface area contributed by atoms with Gasteiger partial charge in [-0.15, -0.1) is 5.10 Å². The first-order valence-corrected chi connectivity index (χ1v) is 8.32. The summed E-state index contributed by atoms with van der Waals surface area (Å²) in [6.07, 6.45) is 2.48. The van der Waals surface area contributed by atoms with Crippen LogP contribution >= 0.6 is 0 Å². The SMILES string of the molecule is CCCNCc1nnc(NCC2CCCS2(=O)=O)o1. The number of hydrogen-bond donors (Lipinski definition) is 2. The average Bonchev–Trinajstić information content (AvgIpc) is 2.94. The molecule has 8 heteroatoms. The number of aromatic nitrogens is 2. The molecule has 2 N–H and O–H groups in total. The molecule has 1 aliphatic heterocycles.